The minimum Gasteiger partial charge on any atom is -0.378 e. The van der Waals surface area contributed by atoms with Gasteiger partial charge >= 0.3 is 0 Å². The Labute approximate surface area is 193 Å². The lowest BCUT2D eigenvalue weighted by atomic mass is 9.94. The highest BCUT2D eigenvalue weighted by Crippen LogP contribution is 2.50. The van der Waals surface area contributed by atoms with E-state index in [2.05, 4.69) is 30.9 Å². The van der Waals surface area contributed by atoms with Gasteiger partial charge in [-0.3, -0.25) is 9.78 Å². The van der Waals surface area contributed by atoms with Crippen LogP contribution in [0.1, 0.15) is 24.1 Å². The first-order valence-electron chi connectivity index (χ1n) is 10.6. The molecule has 34 heavy (non-hydrogen) atoms. The number of carbonyl (C=O) groups is 1. The second-order valence-electron chi connectivity index (χ2n) is 8.13. The average molecular weight is 462 g/mol. The highest BCUT2D eigenvalue weighted by molar-refractivity contribution is 6.02. The second-order valence-corrected chi connectivity index (χ2v) is 8.13. The molecule has 2 heterocycles. The molecule has 0 unspecified atom stereocenters. The Balaban J connectivity index is 1.46. The first kappa shape index (κ1) is 21.8. The summed E-state index contributed by atoms with van der Waals surface area (Å²) < 4.78 is 32.9. The van der Waals surface area contributed by atoms with Crippen molar-refractivity contribution < 1.29 is 18.3 Å². The van der Waals surface area contributed by atoms with Gasteiger partial charge in [-0.05, 0) is 47.9 Å². The molecule has 0 atom stereocenters. The van der Waals surface area contributed by atoms with E-state index in [4.69, 9.17) is 4.74 Å². The van der Waals surface area contributed by atoms with Crippen molar-refractivity contribution >= 4 is 11.6 Å². The molecule has 4 aromatic rings. The van der Waals surface area contributed by atoms with Gasteiger partial charge in [0.05, 0.1) is 17.7 Å². The fraction of sp³-hybridized carbons (Fsp3) is 0.208. The van der Waals surface area contributed by atoms with Crippen molar-refractivity contribution in [2.45, 2.75) is 24.9 Å². The molecule has 1 fully saturated rings. The monoisotopic (exact) mass is 462 g/mol. The molecule has 8 nitrogen and oxygen atoms in total. The molecule has 5 rings (SSSR count). The molecule has 2 N–H and O–H groups in total. The summed E-state index contributed by atoms with van der Waals surface area (Å²) in [5, 5.41) is 17.1. The van der Waals surface area contributed by atoms with E-state index >= 15 is 0 Å². The largest absolute Gasteiger partial charge is 0.378 e. The van der Waals surface area contributed by atoms with Crippen LogP contribution >= 0.6 is 0 Å². The van der Waals surface area contributed by atoms with Gasteiger partial charge < -0.3 is 10.1 Å². The molecule has 10 heteroatoms. The third kappa shape index (κ3) is 4.03. The van der Waals surface area contributed by atoms with Gasteiger partial charge in [0.25, 0.3) is 0 Å². The van der Waals surface area contributed by atoms with Crippen molar-refractivity contribution in [3.63, 3.8) is 0 Å². The number of nitrogens with zero attached hydrogens (tertiary/aromatic N) is 4. The van der Waals surface area contributed by atoms with E-state index in [1.54, 1.807) is 25.4 Å². The van der Waals surface area contributed by atoms with Crippen LogP contribution in [0.3, 0.4) is 0 Å². The summed E-state index contributed by atoms with van der Waals surface area (Å²) in [4.78, 5) is 17.5. The van der Waals surface area contributed by atoms with Crippen LogP contribution in [0.25, 0.3) is 22.5 Å². The molecule has 0 spiro atoms. The average Bonchev–Trinajstić information content (AvgIpc) is 3.45. The number of carbonyl (C=O) groups excluding carboxylic acids is 1. The third-order valence-corrected chi connectivity index (χ3v) is 5.92. The fourth-order valence-corrected chi connectivity index (χ4v) is 4.02. The quantitative estimate of drug-likeness (QED) is 0.430. The maximum absolute atomic E-state index is 14.4. The van der Waals surface area contributed by atoms with Gasteiger partial charge in [-0.1, -0.05) is 18.2 Å². The number of rotatable bonds is 7. The molecule has 172 valence electrons. The maximum Gasteiger partial charge on any atom is 0.235 e. The number of H-pyrrole nitrogens is 1. The molecule has 2 aromatic heterocycles. The number of methoxy groups -OCH3 is 1. The lowest BCUT2D eigenvalue weighted by Gasteiger charge is -2.17. The standard InChI is InChI=1S/C24H20F2N6O2/c1-34-13-17-4-2-14(12-27-17)18-6-5-16(11-19(18)22-29-31-32-30-22)28-23(33)24(8-9-24)20-7-3-15(25)10-21(20)26/h2-7,10-12H,8-9,13H2,1H3,(H,28,33)(H,29,30,31,32). The smallest absolute Gasteiger partial charge is 0.235 e. The number of ether oxygens (including phenoxy) is 1. The highest BCUT2D eigenvalue weighted by Gasteiger charge is 2.52. The minimum atomic E-state index is -1.01. The van der Waals surface area contributed by atoms with Crippen LogP contribution in [0.15, 0.2) is 54.7 Å². The molecule has 0 bridgehead atoms. The van der Waals surface area contributed by atoms with E-state index in [0.717, 1.165) is 22.9 Å². The van der Waals surface area contributed by atoms with Gasteiger partial charge in [0.15, 0.2) is 0 Å². The van der Waals surface area contributed by atoms with E-state index < -0.39 is 17.0 Å². The van der Waals surface area contributed by atoms with Crippen molar-refractivity contribution in [1.29, 1.82) is 0 Å². The van der Waals surface area contributed by atoms with Crippen LogP contribution < -0.4 is 5.32 Å². The summed E-state index contributed by atoms with van der Waals surface area (Å²) in [6, 6.07) is 12.4. The van der Waals surface area contributed by atoms with Crippen LogP contribution in [0, 0.1) is 11.6 Å². The number of aromatic amines is 1. The number of anilines is 1. The number of nitrogens with one attached hydrogen (secondary N) is 2. The predicted octanol–water partition coefficient (Wildman–Crippen LogP) is 4.02. The summed E-state index contributed by atoms with van der Waals surface area (Å²) in [6.45, 7) is 0.402. The lowest BCUT2D eigenvalue weighted by Crippen LogP contribution is -2.28. The van der Waals surface area contributed by atoms with E-state index in [1.165, 1.54) is 12.1 Å². The van der Waals surface area contributed by atoms with Gasteiger partial charge in [-0.25, -0.2) is 8.78 Å². The van der Waals surface area contributed by atoms with E-state index in [9.17, 15) is 13.6 Å². The molecule has 1 aliphatic rings. The Hall–Kier alpha value is -4.05. The van der Waals surface area contributed by atoms with Gasteiger partial charge in [-0.2, -0.15) is 5.21 Å². The number of benzene rings is 2. The molecule has 0 saturated heterocycles. The molecule has 0 radical (unpaired) electrons. The first-order chi connectivity index (χ1) is 16.5. The molecule has 1 saturated carbocycles. The summed E-state index contributed by atoms with van der Waals surface area (Å²) in [7, 11) is 1.60. The first-order valence-corrected chi connectivity index (χ1v) is 10.6. The number of hydrogen-bond acceptors (Lipinski definition) is 6. The predicted molar refractivity (Wildman–Crippen MR) is 119 cm³/mol. The summed E-state index contributed by atoms with van der Waals surface area (Å²) in [5.74, 6) is -1.41. The highest BCUT2D eigenvalue weighted by atomic mass is 19.1. The van der Waals surface area contributed by atoms with Crippen LogP contribution in [-0.2, 0) is 21.6 Å². The summed E-state index contributed by atoms with van der Waals surface area (Å²) >= 11 is 0. The van der Waals surface area contributed by atoms with Crippen molar-refractivity contribution in [3.8, 4) is 22.5 Å². The number of pyridine rings is 1. The van der Waals surface area contributed by atoms with Crippen molar-refractivity contribution in [3.05, 3.63) is 77.6 Å². The lowest BCUT2D eigenvalue weighted by molar-refractivity contribution is -0.118. The van der Waals surface area contributed by atoms with Crippen LogP contribution in [0.5, 0.6) is 0 Å². The van der Waals surface area contributed by atoms with Gasteiger partial charge in [0, 0.05) is 41.8 Å². The molecular weight excluding hydrogens is 442 g/mol. The zero-order valence-electron chi connectivity index (χ0n) is 18.2. The van der Waals surface area contributed by atoms with Crippen LogP contribution in [-0.4, -0.2) is 38.6 Å². The van der Waals surface area contributed by atoms with Gasteiger partial charge in [0.2, 0.25) is 11.7 Å². The van der Waals surface area contributed by atoms with Gasteiger partial charge in [-0.15, -0.1) is 10.2 Å². The van der Waals surface area contributed by atoms with Crippen molar-refractivity contribution in [2.75, 3.05) is 12.4 Å². The topological polar surface area (TPSA) is 106 Å². The Morgan fingerprint density at radius 1 is 1.12 bits per heavy atom. The Morgan fingerprint density at radius 2 is 1.97 bits per heavy atom. The number of amides is 1. The summed E-state index contributed by atoms with van der Waals surface area (Å²) in [5.41, 5.74) is 2.72. The SMILES string of the molecule is COCc1ccc(-c2ccc(NC(=O)C3(c4ccc(F)cc4F)CC3)cc2-c2nn[nH]n2)cn1. The molecule has 1 amide bonds. The zero-order valence-corrected chi connectivity index (χ0v) is 18.2. The number of aromatic nitrogens is 5. The van der Waals surface area contributed by atoms with E-state index in [0.29, 0.717) is 36.5 Å². The van der Waals surface area contributed by atoms with E-state index in [1.807, 2.05) is 18.2 Å². The third-order valence-electron chi connectivity index (χ3n) is 5.92. The second kappa shape index (κ2) is 8.71. The fourth-order valence-electron chi connectivity index (χ4n) is 4.02. The Morgan fingerprint density at radius 3 is 2.62 bits per heavy atom. The zero-order chi connectivity index (χ0) is 23.7. The normalized spacial score (nSPS) is 14.1. The molecule has 0 aliphatic heterocycles. The number of tetrazole rings is 1. The number of hydrogen-bond donors (Lipinski definition) is 2. The van der Waals surface area contributed by atoms with Crippen molar-refractivity contribution in [1.82, 2.24) is 25.6 Å². The Kier molecular flexibility index (Phi) is 5.58. The van der Waals surface area contributed by atoms with Crippen LogP contribution in [0.2, 0.25) is 0 Å². The summed E-state index contributed by atoms with van der Waals surface area (Å²) in [6.07, 6.45) is 2.69. The van der Waals surface area contributed by atoms with Gasteiger partial charge in [0.1, 0.15) is 11.6 Å². The van der Waals surface area contributed by atoms with Crippen LogP contribution in [0.4, 0.5) is 14.5 Å². The minimum absolute atomic E-state index is 0.198. The molecular formula is C24H20F2N6O2. The molecule has 2 aromatic carbocycles. The Bertz CT molecular complexity index is 1340. The molecule has 1 aliphatic carbocycles. The maximum atomic E-state index is 14.4. The number of halogens is 2. The van der Waals surface area contributed by atoms with Crippen molar-refractivity contribution in [2.24, 2.45) is 0 Å². The van der Waals surface area contributed by atoms with E-state index in [-0.39, 0.29) is 11.5 Å².